The van der Waals surface area contributed by atoms with Crippen LogP contribution in [0.4, 0.5) is 10.2 Å². The number of amides is 1. The first-order valence-electron chi connectivity index (χ1n) is 7.94. The van der Waals surface area contributed by atoms with Crippen molar-refractivity contribution in [2.75, 3.05) is 5.32 Å². The first-order valence-corrected chi connectivity index (χ1v) is 7.94. The molecule has 0 spiro atoms. The van der Waals surface area contributed by atoms with Gasteiger partial charge >= 0.3 is 5.69 Å². The predicted octanol–water partition coefficient (Wildman–Crippen LogP) is 1.50. The van der Waals surface area contributed by atoms with Crippen molar-refractivity contribution in [3.63, 3.8) is 0 Å². The molecule has 3 rings (SSSR count). The van der Waals surface area contributed by atoms with Gasteiger partial charge in [0.25, 0.3) is 5.91 Å². The molecule has 0 bridgehead atoms. The molecule has 2 heterocycles. The first kappa shape index (κ1) is 17.2. The fourth-order valence-electron chi connectivity index (χ4n) is 2.72. The summed E-state index contributed by atoms with van der Waals surface area (Å²) >= 11 is 0. The zero-order valence-corrected chi connectivity index (χ0v) is 13.5. The quantitative estimate of drug-likeness (QED) is 0.874. The molecule has 1 aromatic carbocycles. The number of aromatic nitrogens is 2. The van der Waals surface area contributed by atoms with Gasteiger partial charge in [0, 0.05) is 11.8 Å². The van der Waals surface area contributed by atoms with Crippen LogP contribution in [0.25, 0.3) is 0 Å². The predicted molar refractivity (Wildman–Crippen MR) is 88.0 cm³/mol. The summed E-state index contributed by atoms with van der Waals surface area (Å²) < 4.78 is 20.6. The number of hydrogen-bond donors (Lipinski definition) is 2. The Morgan fingerprint density at radius 3 is 2.68 bits per heavy atom. The van der Waals surface area contributed by atoms with E-state index in [9.17, 15) is 19.1 Å². The van der Waals surface area contributed by atoms with Gasteiger partial charge in [0.1, 0.15) is 11.9 Å². The van der Waals surface area contributed by atoms with Crippen LogP contribution in [0, 0.1) is 0 Å². The van der Waals surface area contributed by atoms with Crippen LogP contribution in [-0.4, -0.2) is 38.9 Å². The van der Waals surface area contributed by atoms with Crippen LogP contribution in [0.5, 0.6) is 0 Å². The van der Waals surface area contributed by atoms with Crippen molar-refractivity contribution >= 4 is 11.7 Å². The summed E-state index contributed by atoms with van der Waals surface area (Å²) in [5.41, 5.74) is -0.354. The van der Waals surface area contributed by atoms with Gasteiger partial charge in [-0.15, -0.1) is 0 Å². The van der Waals surface area contributed by atoms with Crippen molar-refractivity contribution in [2.24, 2.45) is 0 Å². The molecule has 1 amide bonds. The first-order chi connectivity index (χ1) is 12.0. The van der Waals surface area contributed by atoms with Gasteiger partial charge < -0.3 is 15.2 Å². The van der Waals surface area contributed by atoms with Crippen LogP contribution in [0.3, 0.4) is 0 Å². The summed E-state index contributed by atoms with van der Waals surface area (Å²) in [6.07, 6.45) is -3.22. The maximum Gasteiger partial charge on any atom is 0.351 e. The summed E-state index contributed by atoms with van der Waals surface area (Å²) in [6, 6.07) is 9.85. The lowest BCUT2D eigenvalue weighted by Gasteiger charge is -2.16. The van der Waals surface area contributed by atoms with Gasteiger partial charge in [-0.2, -0.15) is 4.98 Å². The van der Waals surface area contributed by atoms with E-state index in [1.807, 2.05) is 0 Å². The average molecular weight is 347 g/mol. The highest BCUT2D eigenvalue weighted by Gasteiger charge is 2.44. The maximum absolute atomic E-state index is 14.2. The van der Waals surface area contributed by atoms with Crippen LogP contribution in [0.2, 0.25) is 0 Å². The Balaban J connectivity index is 1.78. The zero-order chi connectivity index (χ0) is 18.0. The number of carbonyl (C=O) groups is 1. The number of rotatable bonds is 4. The molecular weight excluding hydrogens is 329 g/mol. The van der Waals surface area contributed by atoms with Crippen molar-refractivity contribution in [2.45, 2.75) is 38.0 Å². The topological polar surface area (TPSA) is 93.5 Å². The summed E-state index contributed by atoms with van der Waals surface area (Å²) in [5.74, 6) is -0.358. The second kappa shape index (κ2) is 7.12. The van der Waals surface area contributed by atoms with E-state index < -0.39 is 36.2 Å². The lowest BCUT2D eigenvalue weighted by Crippen LogP contribution is -2.33. The number of ether oxygens (including phenoxy) is 1. The molecule has 0 aliphatic carbocycles. The average Bonchev–Trinajstić information content (AvgIpc) is 2.91. The fourth-order valence-corrected chi connectivity index (χ4v) is 2.72. The molecule has 0 unspecified atom stereocenters. The van der Waals surface area contributed by atoms with Crippen molar-refractivity contribution in [3.8, 4) is 0 Å². The maximum atomic E-state index is 14.2. The molecule has 132 valence electrons. The molecule has 8 heteroatoms. The number of nitrogens with one attached hydrogen (secondary N) is 1. The Hall–Kier alpha value is -2.58. The van der Waals surface area contributed by atoms with Crippen LogP contribution < -0.4 is 11.0 Å². The fraction of sp³-hybridized carbons (Fsp3) is 0.353. The van der Waals surface area contributed by atoms with Crippen molar-refractivity contribution in [3.05, 3.63) is 58.6 Å². The lowest BCUT2D eigenvalue weighted by molar-refractivity contribution is -0.0279. The second-order valence-electron chi connectivity index (χ2n) is 5.73. The minimum Gasteiger partial charge on any atom is -0.387 e. The van der Waals surface area contributed by atoms with Crippen LogP contribution >= 0.6 is 0 Å². The van der Waals surface area contributed by atoms with Crippen LogP contribution in [0.15, 0.2) is 47.4 Å². The van der Waals surface area contributed by atoms with E-state index >= 15 is 0 Å². The Morgan fingerprint density at radius 1 is 1.36 bits per heavy atom. The Bertz CT molecular complexity index is 811. The van der Waals surface area contributed by atoms with E-state index in [1.165, 1.54) is 12.3 Å². The van der Waals surface area contributed by atoms with Crippen LogP contribution in [0.1, 0.15) is 29.9 Å². The number of hydrogen-bond acceptors (Lipinski definition) is 5. The van der Waals surface area contributed by atoms with Gasteiger partial charge in [0.15, 0.2) is 12.4 Å². The summed E-state index contributed by atoms with van der Waals surface area (Å²) in [7, 11) is 0. The summed E-state index contributed by atoms with van der Waals surface area (Å²) in [5, 5.41) is 12.3. The Labute approximate surface area is 143 Å². The second-order valence-corrected chi connectivity index (χ2v) is 5.73. The van der Waals surface area contributed by atoms with Gasteiger partial charge in [-0.05, 0) is 24.6 Å². The highest BCUT2D eigenvalue weighted by atomic mass is 19.1. The molecule has 1 aromatic heterocycles. The van der Waals surface area contributed by atoms with Gasteiger partial charge in [-0.25, -0.2) is 9.18 Å². The number of anilines is 1. The summed E-state index contributed by atoms with van der Waals surface area (Å²) in [4.78, 5) is 28.0. The number of alkyl halides is 1. The van der Waals surface area contributed by atoms with Crippen molar-refractivity contribution in [1.82, 2.24) is 9.55 Å². The highest BCUT2D eigenvalue weighted by Crippen LogP contribution is 2.32. The minimum atomic E-state index is -1.73. The van der Waals surface area contributed by atoms with E-state index in [0.29, 0.717) is 12.0 Å². The molecule has 1 saturated heterocycles. The molecule has 7 nitrogen and oxygen atoms in total. The van der Waals surface area contributed by atoms with Gasteiger partial charge in [-0.1, -0.05) is 25.1 Å². The third kappa shape index (κ3) is 3.45. The lowest BCUT2D eigenvalue weighted by atomic mass is 10.1. The molecule has 2 N–H and O–H groups in total. The molecular formula is C17H18FN3O4. The van der Waals surface area contributed by atoms with E-state index in [0.717, 1.165) is 4.57 Å². The van der Waals surface area contributed by atoms with E-state index in [2.05, 4.69) is 10.3 Å². The Morgan fingerprint density at radius 2 is 2.08 bits per heavy atom. The molecule has 2 aromatic rings. The smallest absolute Gasteiger partial charge is 0.351 e. The van der Waals surface area contributed by atoms with E-state index in [1.54, 1.807) is 37.3 Å². The molecule has 1 fully saturated rings. The standard InChI is InChI=1S/C17H18FN3O4/c1-2-11-14(22)13(18)16(25-11)21-9-8-12(20-17(21)24)19-15(23)10-6-4-3-5-7-10/h3-9,11,13-14,16,22H,2H2,1H3,(H,19,20,23,24)/t11-,13-,14-,16-/m1/s1. The Kier molecular flexibility index (Phi) is 4.91. The third-order valence-corrected chi connectivity index (χ3v) is 4.08. The molecule has 1 aliphatic heterocycles. The molecule has 4 atom stereocenters. The van der Waals surface area contributed by atoms with Gasteiger partial charge in [0.2, 0.25) is 0 Å². The molecule has 0 radical (unpaired) electrons. The minimum absolute atomic E-state index is 0.0519. The van der Waals surface area contributed by atoms with Gasteiger partial charge in [0.05, 0.1) is 6.10 Å². The van der Waals surface area contributed by atoms with E-state index in [-0.39, 0.29) is 5.82 Å². The van der Waals surface area contributed by atoms with Gasteiger partial charge in [-0.3, -0.25) is 9.36 Å². The number of aliphatic hydroxyl groups excluding tert-OH is 1. The van der Waals surface area contributed by atoms with Crippen molar-refractivity contribution < 1.29 is 19.0 Å². The SMILES string of the molecule is CC[C@H]1O[C@@H](n2ccc(NC(=O)c3ccccc3)nc2=O)[C@H](F)[C@@H]1O. The number of carbonyl (C=O) groups excluding carboxylic acids is 1. The number of benzene rings is 1. The third-order valence-electron chi connectivity index (χ3n) is 4.08. The summed E-state index contributed by atoms with van der Waals surface area (Å²) in [6.45, 7) is 1.76. The zero-order valence-electron chi connectivity index (χ0n) is 13.5. The number of aliphatic hydroxyl groups is 1. The normalized spacial score (nSPS) is 25.7. The molecule has 1 aliphatic rings. The highest BCUT2D eigenvalue weighted by molar-refractivity contribution is 6.03. The van der Waals surface area contributed by atoms with Crippen molar-refractivity contribution in [1.29, 1.82) is 0 Å². The monoisotopic (exact) mass is 347 g/mol. The van der Waals surface area contributed by atoms with E-state index in [4.69, 9.17) is 4.74 Å². The number of nitrogens with zero attached hydrogens (tertiary/aromatic N) is 2. The van der Waals surface area contributed by atoms with Crippen LogP contribution in [-0.2, 0) is 4.74 Å². The molecule has 25 heavy (non-hydrogen) atoms. The largest absolute Gasteiger partial charge is 0.387 e. The number of halogens is 1. The molecule has 0 saturated carbocycles.